The van der Waals surface area contributed by atoms with Gasteiger partial charge in [0.25, 0.3) is 11.8 Å². The highest BCUT2D eigenvalue weighted by Gasteiger charge is 2.35. The molecule has 0 spiro atoms. The van der Waals surface area contributed by atoms with E-state index in [0.29, 0.717) is 45.9 Å². The van der Waals surface area contributed by atoms with Crippen molar-refractivity contribution in [2.75, 3.05) is 6.54 Å². The van der Waals surface area contributed by atoms with E-state index in [1.165, 1.54) is 30.3 Å². The summed E-state index contributed by atoms with van der Waals surface area (Å²) in [5.74, 6) is -4.80. The first-order chi connectivity index (χ1) is 22.6. The normalized spacial score (nSPS) is 15.7. The van der Waals surface area contributed by atoms with Gasteiger partial charge < -0.3 is 26.3 Å². The zero-order chi connectivity index (χ0) is 33.5. The SMILES string of the molecule is O=C(NCc1ccccc1)C(=O)[C@H](C[C@@H]1CCCNC1=O)NC(=O)[C@H](Cc1cccc(F)c1)NC(=O)c1cc2c(Cl)cc(Cl)cc2[nH]1. The number of hydrogen-bond donors (Lipinski definition) is 5. The van der Waals surface area contributed by atoms with Gasteiger partial charge >= 0.3 is 0 Å². The molecule has 1 saturated heterocycles. The largest absolute Gasteiger partial charge is 0.356 e. The van der Waals surface area contributed by atoms with E-state index in [0.717, 1.165) is 5.56 Å². The van der Waals surface area contributed by atoms with Crippen LogP contribution in [0.25, 0.3) is 10.9 Å². The van der Waals surface area contributed by atoms with E-state index in [2.05, 4.69) is 26.3 Å². The molecule has 4 aromatic rings. The molecule has 1 aliphatic heterocycles. The number of nitrogens with one attached hydrogen (secondary N) is 5. The highest BCUT2D eigenvalue weighted by atomic mass is 35.5. The first kappa shape index (κ1) is 33.6. The van der Waals surface area contributed by atoms with E-state index < -0.39 is 47.3 Å². The summed E-state index contributed by atoms with van der Waals surface area (Å²) >= 11 is 12.4. The van der Waals surface area contributed by atoms with Gasteiger partial charge in [0, 0.05) is 41.4 Å². The van der Waals surface area contributed by atoms with Crippen molar-refractivity contribution in [2.24, 2.45) is 5.92 Å². The maximum Gasteiger partial charge on any atom is 0.289 e. The molecule has 0 radical (unpaired) electrons. The fourth-order valence-electron chi connectivity index (χ4n) is 5.50. The molecule has 5 N–H and O–H groups in total. The number of rotatable bonds is 12. The molecular weight excluding hydrogens is 648 g/mol. The van der Waals surface area contributed by atoms with Gasteiger partial charge in [0.1, 0.15) is 17.6 Å². The van der Waals surface area contributed by atoms with Crippen LogP contribution in [0.4, 0.5) is 4.39 Å². The number of Topliss-reactive ketones (excluding diaryl/α,β-unsaturated/α-hetero) is 1. The molecule has 1 aromatic heterocycles. The first-order valence-electron chi connectivity index (χ1n) is 15.0. The molecule has 3 aromatic carbocycles. The van der Waals surface area contributed by atoms with Gasteiger partial charge in [-0.05, 0) is 60.7 Å². The van der Waals surface area contributed by atoms with Gasteiger partial charge in [-0.3, -0.25) is 24.0 Å². The Labute approximate surface area is 279 Å². The lowest BCUT2D eigenvalue weighted by Gasteiger charge is -2.27. The number of H-pyrrole nitrogens is 1. The number of aromatic nitrogens is 1. The number of carbonyl (C=O) groups is 5. The lowest BCUT2D eigenvalue weighted by Crippen LogP contribution is -2.55. The van der Waals surface area contributed by atoms with E-state index >= 15 is 0 Å². The smallest absolute Gasteiger partial charge is 0.289 e. The third kappa shape index (κ3) is 8.75. The average Bonchev–Trinajstić information content (AvgIpc) is 3.49. The van der Waals surface area contributed by atoms with Crippen LogP contribution in [0.2, 0.25) is 10.0 Å². The molecule has 5 rings (SSSR count). The van der Waals surface area contributed by atoms with Crippen molar-refractivity contribution in [3.8, 4) is 0 Å². The molecule has 244 valence electrons. The second kappa shape index (κ2) is 15.2. The van der Waals surface area contributed by atoms with Gasteiger partial charge in [0.2, 0.25) is 17.6 Å². The van der Waals surface area contributed by atoms with Crippen LogP contribution in [-0.2, 0) is 32.1 Å². The van der Waals surface area contributed by atoms with Crippen LogP contribution in [0.15, 0.2) is 72.8 Å². The lowest BCUT2D eigenvalue weighted by atomic mass is 9.89. The molecule has 13 heteroatoms. The highest BCUT2D eigenvalue weighted by Crippen LogP contribution is 2.28. The Hall–Kier alpha value is -4.74. The number of amides is 4. The van der Waals surface area contributed by atoms with Gasteiger partial charge in [-0.15, -0.1) is 0 Å². The number of aromatic amines is 1. The van der Waals surface area contributed by atoms with Gasteiger partial charge in [0.15, 0.2) is 0 Å². The van der Waals surface area contributed by atoms with E-state index in [1.807, 2.05) is 6.07 Å². The Morgan fingerprint density at radius 2 is 1.68 bits per heavy atom. The molecule has 47 heavy (non-hydrogen) atoms. The summed E-state index contributed by atoms with van der Waals surface area (Å²) in [5.41, 5.74) is 1.73. The topological polar surface area (TPSA) is 149 Å². The van der Waals surface area contributed by atoms with Crippen molar-refractivity contribution in [3.63, 3.8) is 0 Å². The van der Waals surface area contributed by atoms with Crippen molar-refractivity contribution in [2.45, 2.75) is 44.3 Å². The summed E-state index contributed by atoms with van der Waals surface area (Å²) in [5, 5.41) is 11.8. The Bertz CT molecular complexity index is 1820. The average molecular weight is 681 g/mol. The lowest BCUT2D eigenvalue weighted by molar-refractivity contribution is -0.141. The molecule has 10 nitrogen and oxygen atoms in total. The number of carbonyl (C=O) groups excluding carboxylic acids is 5. The van der Waals surface area contributed by atoms with Gasteiger partial charge in [-0.25, -0.2) is 4.39 Å². The van der Waals surface area contributed by atoms with Crippen LogP contribution in [-0.4, -0.2) is 53.0 Å². The molecule has 0 aliphatic carbocycles. The monoisotopic (exact) mass is 679 g/mol. The van der Waals surface area contributed by atoms with Crippen LogP contribution in [0, 0.1) is 11.7 Å². The summed E-state index contributed by atoms with van der Waals surface area (Å²) in [6.07, 6.45) is 0.862. The Morgan fingerprint density at radius 3 is 2.43 bits per heavy atom. The third-order valence-electron chi connectivity index (χ3n) is 7.92. The van der Waals surface area contributed by atoms with Crippen molar-refractivity contribution < 1.29 is 28.4 Å². The molecule has 2 heterocycles. The summed E-state index contributed by atoms with van der Waals surface area (Å²) in [6.45, 7) is 0.568. The maximum absolute atomic E-state index is 14.1. The van der Waals surface area contributed by atoms with E-state index in [4.69, 9.17) is 23.2 Å². The Balaban J connectivity index is 1.38. The van der Waals surface area contributed by atoms with Crippen molar-refractivity contribution >= 4 is 63.5 Å². The fraction of sp³-hybridized carbons (Fsp3) is 0.265. The number of hydrogen-bond acceptors (Lipinski definition) is 5. The minimum absolute atomic E-state index is 0.0769. The standard InChI is InChI=1S/C34H32Cl2FN5O5/c35-22-15-25(36)24-17-29(40-26(24)16-22)33(46)42-28(13-20-8-4-10-23(37)12-20)32(45)41-27(14-21-9-5-11-38-31(21)44)30(43)34(47)39-18-19-6-2-1-3-7-19/h1-4,6-8,10,12,15-17,21,27-28,40H,5,9,11,13-14,18H2,(H,38,44)(H,39,47)(H,41,45)(H,42,46)/t21-,27-,28-/m0/s1. The predicted octanol–water partition coefficient (Wildman–Crippen LogP) is 4.24. The van der Waals surface area contributed by atoms with Crippen molar-refractivity contribution in [3.05, 3.63) is 105 Å². The zero-order valence-corrected chi connectivity index (χ0v) is 26.6. The van der Waals surface area contributed by atoms with E-state index in [-0.39, 0.29) is 31.0 Å². The van der Waals surface area contributed by atoms with Crippen LogP contribution in [0.1, 0.15) is 40.9 Å². The summed E-state index contributed by atoms with van der Waals surface area (Å²) in [7, 11) is 0. The number of piperidine rings is 1. The molecule has 1 aliphatic rings. The van der Waals surface area contributed by atoms with Crippen LogP contribution in [0.3, 0.4) is 0 Å². The second-order valence-corrected chi connectivity index (χ2v) is 12.2. The summed E-state index contributed by atoms with van der Waals surface area (Å²) in [6, 6.07) is 16.4. The highest BCUT2D eigenvalue weighted by molar-refractivity contribution is 6.39. The molecule has 0 saturated carbocycles. The molecule has 3 atom stereocenters. The molecular formula is C34H32Cl2FN5O5. The molecule has 0 bridgehead atoms. The number of benzene rings is 3. The summed E-state index contributed by atoms with van der Waals surface area (Å²) in [4.78, 5) is 69.3. The van der Waals surface area contributed by atoms with Gasteiger partial charge in [-0.2, -0.15) is 0 Å². The predicted molar refractivity (Wildman–Crippen MR) is 175 cm³/mol. The Morgan fingerprint density at radius 1 is 0.915 bits per heavy atom. The minimum atomic E-state index is -1.38. The molecule has 4 amide bonds. The maximum atomic E-state index is 14.1. The first-order valence-corrected chi connectivity index (χ1v) is 15.8. The molecule has 1 fully saturated rings. The molecule has 0 unspecified atom stereocenters. The van der Waals surface area contributed by atoms with Crippen molar-refractivity contribution in [1.29, 1.82) is 0 Å². The van der Waals surface area contributed by atoms with E-state index in [1.54, 1.807) is 36.4 Å². The quantitative estimate of drug-likeness (QED) is 0.142. The zero-order valence-electron chi connectivity index (χ0n) is 25.1. The number of ketones is 1. The number of halogens is 3. The summed E-state index contributed by atoms with van der Waals surface area (Å²) < 4.78 is 14.1. The van der Waals surface area contributed by atoms with E-state index in [9.17, 15) is 28.4 Å². The van der Waals surface area contributed by atoms with Crippen molar-refractivity contribution in [1.82, 2.24) is 26.3 Å². The fourth-order valence-corrected chi connectivity index (χ4v) is 6.05. The number of fused-ring (bicyclic) bond motifs is 1. The van der Waals surface area contributed by atoms with Crippen LogP contribution >= 0.6 is 23.2 Å². The third-order valence-corrected chi connectivity index (χ3v) is 8.45. The minimum Gasteiger partial charge on any atom is -0.356 e. The van der Waals surface area contributed by atoms with Crippen LogP contribution in [0.5, 0.6) is 0 Å². The van der Waals surface area contributed by atoms with Crippen LogP contribution < -0.4 is 21.3 Å². The Kier molecular flexibility index (Phi) is 10.9. The second-order valence-electron chi connectivity index (χ2n) is 11.4. The van der Waals surface area contributed by atoms with Gasteiger partial charge in [0.05, 0.1) is 11.1 Å². The van der Waals surface area contributed by atoms with Gasteiger partial charge in [-0.1, -0.05) is 65.7 Å².